The number of hydrogen-bond donors (Lipinski definition) is 2. The van der Waals surface area contributed by atoms with Gasteiger partial charge in [0, 0.05) is 11.8 Å². The number of carboxylic acids is 2. The van der Waals surface area contributed by atoms with Crippen molar-refractivity contribution in [3.05, 3.63) is 11.1 Å². The van der Waals surface area contributed by atoms with E-state index in [1.807, 2.05) is 0 Å². The third-order valence-electron chi connectivity index (χ3n) is 11.8. The van der Waals surface area contributed by atoms with Gasteiger partial charge in [-0.25, -0.2) is 9.59 Å². The number of ether oxygens (including phenoxy) is 1. The summed E-state index contributed by atoms with van der Waals surface area (Å²) in [5, 5.41) is 20.3. The molecule has 5 heteroatoms. The maximum absolute atomic E-state index is 12.6. The highest BCUT2D eigenvalue weighted by atomic mass is 16.6. The summed E-state index contributed by atoms with van der Waals surface area (Å²) in [5.74, 6) is -2.12. The second-order valence-corrected chi connectivity index (χ2v) is 16.0. The number of rotatable bonds is 36. The van der Waals surface area contributed by atoms with Gasteiger partial charge in [0.1, 0.15) is 0 Å². The van der Waals surface area contributed by atoms with E-state index < -0.39 is 17.4 Å². The van der Waals surface area contributed by atoms with Crippen molar-refractivity contribution in [1.29, 1.82) is 0 Å². The first-order valence-corrected chi connectivity index (χ1v) is 21.8. The number of unbranched alkanes of at least 4 members (excludes halogenated alkanes) is 30. The molecular weight excluding hydrogens is 608 g/mol. The van der Waals surface area contributed by atoms with Gasteiger partial charge in [-0.3, -0.25) is 0 Å². The van der Waals surface area contributed by atoms with Crippen molar-refractivity contribution in [3.8, 4) is 0 Å². The van der Waals surface area contributed by atoms with Crippen molar-refractivity contribution in [2.75, 3.05) is 0 Å². The minimum atomic E-state index is -1.07. The van der Waals surface area contributed by atoms with Gasteiger partial charge in [0.25, 0.3) is 0 Å². The Kier molecular flexibility index (Phi) is 25.3. The van der Waals surface area contributed by atoms with E-state index in [-0.39, 0.29) is 29.8 Å². The summed E-state index contributed by atoms with van der Waals surface area (Å²) < 4.78 is 6.05. The Bertz CT molecular complexity index is 843. The molecule has 2 rings (SSSR count). The van der Waals surface area contributed by atoms with E-state index in [9.17, 15) is 19.8 Å². The molecule has 0 bridgehead atoms. The third-order valence-corrected chi connectivity index (χ3v) is 11.8. The molecule has 1 fully saturated rings. The third kappa shape index (κ3) is 18.6. The van der Waals surface area contributed by atoms with Gasteiger partial charge in [0.2, 0.25) is 0 Å². The molecule has 2 aliphatic rings. The van der Waals surface area contributed by atoms with E-state index in [0.29, 0.717) is 0 Å². The summed E-state index contributed by atoms with van der Waals surface area (Å²) in [5.41, 5.74) is -0.381. The van der Waals surface area contributed by atoms with Crippen LogP contribution in [0.4, 0.5) is 0 Å². The van der Waals surface area contributed by atoms with Crippen LogP contribution in [0.15, 0.2) is 11.1 Å². The topological polar surface area (TPSA) is 87.1 Å². The molecule has 0 amide bonds. The fourth-order valence-corrected chi connectivity index (χ4v) is 8.70. The smallest absolute Gasteiger partial charge is 0.332 e. The summed E-state index contributed by atoms with van der Waals surface area (Å²) in [6.45, 7) is 4.56. The maximum atomic E-state index is 12.6. The van der Waals surface area contributed by atoms with Gasteiger partial charge in [0.15, 0.2) is 0 Å². The van der Waals surface area contributed by atoms with Crippen LogP contribution in [0.1, 0.15) is 239 Å². The number of aliphatic carboxylic acids is 2. The normalized spacial score (nSPS) is 18.2. The molecule has 2 N–H and O–H groups in total. The summed E-state index contributed by atoms with van der Waals surface area (Å²) in [4.78, 5) is 24.8. The average molecular weight is 689 g/mol. The predicted molar refractivity (Wildman–Crippen MR) is 206 cm³/mol. The van der Waals surface area contributed by atoms with E-state index in [0.717, 1.165) is 38.5 Å². The van der Waals surface area contributed by atoms with Crippen LogP contribution in [0, 0.1) is 5.41 Å². The fraction of sp³-hybridized carbons (Fsp3) is 0.909. The van der Waals surface area contributed by atoms with Gasteiger partial charge < -0.3 is 14.9 Å². The molecule has 1 aliphatic heterocycles. The number of hydrogen-bond acceptors (Lipinski definition) is 3. The first kappa shape index (κ1) is 43.8. The molecule has 1 saturated heterocycles. The molecule has 49 heavy (non-hydrogen) atoms. The van der Waals surface area contributed by atoms with Crippen molar-refractivity contribution in [1.82, 2.24) is 0 Å². The lowest BCUT2D eigenvalue weighted by molar-refractivity contribution is -0.137. The Morgan fingerprint density at radius 2 is 0.776 bits per heavy atom. The van der Waals surface area contributed by atoms with Crippen molar-refractivity contribution in [2.24, 2.45) is 5.41 Å². The number of epoxide rings is 1. The SMILES string of the molecule is CCCCCCCCCCCCCCCCCCC1(CCCCCCCCCCCCCCCCCC)C(C(=O)O)=C(C(=O)O)CC2OC21. The van der Waals surface area contributed by atoms with Crippen LogP contribution in [0.5, 0.6) is 0 Å². The van der Waals surface area contributed by atoms with E-state index >= 15 is 0 Å². The quantitative estimate of drug-likeness (QED) is 0.0505. The molecule has 1 aliphatic carbocycles. The number of carbonyl (C=O) groups is 2. The summed E-state index contributed by atoms with van der Waals surface area (Å²) in [6.07, 6.45) is 43.4. The Morgan fingerprint density at radius 3 is 1.04 bits per heavy atom. The average Bonchev–Trinajstić information content (AvgIpc) is 3.88. The van der Waals surface area contributed by atoms with Crippen LogP contribution in [0.25, 0.3) is 0 Å². The van der Waals surface area contributed by atoms with Crippen molar-refractivity contribution < 1.29 is 24.5 Å². The lowest BCUT2D eigenvalue weighted by Crippen LogP contribution is -2.40. The van der Waals surface area contributed by atoms with Crippen LogP contribution >= 0.6 is 0 Å². The largest absolute Gasteiger partial charge is 0.478 e. The number of fused-ring (bicyclic) bond motifs is 1. The number of carboxylic acid groups (broad SMARTS) is 2. The Labute approximate surface area is 303 Å². The van der Waals surface area contributed by atoms with Crippen molar-refractivity contribution >= 4 is 11.9 Å². The van der Waals surface area contributed by atoms with Crippen LogP contribution in [-0.4, -0.2) is 34.4 Å². The van der Waals surface area contributed by atoms with E-state index in [2.05, 4.69) is 13.8 Å². The van der Waals surface area contributed by atoms with E-state index in [4.69, 9.17) is 4.74 Å². The Hall–Kier alpha value is -1.36. The molecule has 1 heterocycles. The lowest BCUT2D eigenvalue weighted by Gasteiger charge is -2.37. The van der Waals surface area contributed by atoms with Gasteiger partial charge in [-0.05, 0) is 12.8 Å². The van der Waals surface area contributed by atoms with E-state index in [1.165, 1.54) is 180 Å². The van der Waals surface area contributed by atoms with Crippen LogP contribution in [-0.2, 0) is 14.3 Å². The van der Waals surface area contributed by atoms with Gasteiger partial charge in [-0.15, -0.1) is 0 Å². The highest BCUT2D eigenvalue weighted by molar-refractivity contribution is 6.00. The first-order valence-electron chi connectivity index (χ1n) is 21.8. The van der Waals surface area contributed by atoms with Crippen LogP contribution < -0.4 is 0 Å². The van der Waals surface area contributed by atoms with Gasteiger partial charge >= 0.3 is 11.9 Å². The fourth-order valence-electron chi connectivity index (χ4n) is 8.70. The molecule has 0 aromatic rings. The van der Waals surface area contributed by atoms with Gasteiger partial charge in [-0.1, -0.05) is 219 Å². The summed E-state index contributed by atoms with van der Waals surface area (Å²) in [6, 6.07) is 0. The predicted octanol–water partition coefficient (Wildman–Crippen LogP) is 13.9. The second-order valence-electron chi connectivity index (χ2n) is 16.0. The minimum absolute atomic E-state index is 0.0965. The Balaban J connectivity index is 1.64. The Morgan fingerprint density at radius 1 is 0.490 bits per heavy atom. The highest BCUT2D eigenvalue weighted by Gasteiger charge is 2.61. The minimum Gasteiger partial charge on any atom is -0.478 e. The molecule has 0 saturated carbocycles. The molecule has 2 atom stereocenters. The van der Waals surface area contributed by atoms with Crippen molar-refractivity contribution in [3.63, 3.8) is 0 Å². The molecule has 286 valence electrons. The molecule has 2 unspecified atom stereocenters. The zero-order valence-corrected chi connectivity index (χ0v) is 32.5. The molecule has 0 radical (unpaired) electrons. The highest BCUT2D eigenvalue weighted by Crippen LogP contribution is 2.57. The van der Waals surface area contributed by atoms with E-state index in [1.54, 1.807) is 0 Å². The standard InChI is InChI=1S/C44H80O5/c1-3-5-7-9-11-13-15-17-19-21-23-25-27-29-31-33-35-44(40(43(47)48)38(42(45)46)37-39-41(44)49-39)36-34-32-30-28-26-24-22-20-18-16-14-12-10-8-6-4-2/h39,41H,3-37H2,1-2H3,(H,45,46)(H,47,48). The first-order chi connectivity index (χ1) is 24.0. The van der Waals surface area contributed by atoms with Gasteiger partial charge in [0.05, 0.1) is 23.4 Å². The summed E-state index contributed by atoms with van der Waals surface area (Å²) in [7, 11) is 0. The zero-order chi connectivity index (χ0) is 35.4. The molecule has 0 aromatic carbocycles. The molecular formula is C44H80O5. The molecule has 0 spiro atoms. The zero-order valence-electron chi connectivity index (χ0n) is 32.5. The van der Waals surface area contributed by atoms with Crippen LogP contribution in [0.3, 0.4) is 0 Å². The monoisotopic (exact) mass is 689 g/mol. The molecule has 5 nitrogen and oxygen atoms in total. The summed E-state index contributed by atoms with van der Waals surface area (Å²) >= 11 is 0. The van der Waals surface area contributed by atoms with Gasteiger partial charge in [-0.2, -0.15) is 0 Å². The van der Waals surface area contributed by atoms with Crippen molar-refractivity contribution in [2.45, 2.75) is 251 Å². The lowest BCUT2D eigenvalue weighted by atomic mass is 9.64. The second kappa shape index (κ2) is 28.3. The van der Waals surface area contributed by atoms with Crippen LogP contribution in [0.2, 0.25) is 0 Å². The molecule has 0 aromatic heterocycles. The maximum Gasteiger partial charge on any atom is 0.332 e.